The van der Waals surface area contributed by atoms with Crippen molar-refractivity contribution in [2.24, 2.45) is 23.2 Å². The number of hydrogen-bond acceptors (Lipinski definition) is 4. The maximum Gasteiger partial charge on any atom is 0.309 e. The zero-order valence-electron chi connectivity index (χ0n) is 16.4. The Hall–Kier alpha value is -0.870. The van der Waals surface area contributed by atoms with Crippen molar-refractivity contribution in [1.82, 2.24) is 0 Å². The highest BCUT2D eigenvalue weighted by molar-refractivity contribution is 5.73. The number of carbonyl (C=O) groups excluding carboxylic acids is 1. The molecule has 140 valence electrons. The molecule has 1 aliphatic rings. The van der Waals surface area contributed by atoms with E-state index < -0.39 is 11.7 Å². The Morgan fingerprint density at radius 1 is 1.29 bits per heavy atom. The van der Waals surface area contributed by atoms with Crippen LogP contribution in [-0.4, -0.2) is 34.5 Å². The van der Waals surface area contributed by atoms with Crippen LogP contribution in [0, 0.1) is 23.2 Å². The van der Waals surface area contributed by atoms with Crippen LogP contribution in [0.3, 0.4) is 0 Å². The van der Waals surface area contributed by atoms with E-state index in [0.29, 0.717) is 18.8 Å². The van der Waals surface area contributed by atoms with Crippen molar-refractivity contribution in [3.63, 3.8) is 0 Å². The first-order valence-electron chi connectivity index (χ1n) is 9.10. The number of allylic oxidation sites excluding steroid dienone is 1. The summed E-state index contributed by atoms with van der Waals surface area (Å²) in [5, 5.41) is 20.6. The van der Waals surface area contributed by atoms with E-state index in [1.165, 1.54) is 0 Å². The van der Waals surface area contributed by atoms with Crippen LogP contribution in [0.1, 0.15) is 67.7 Å². The number of rotatable bonds is 6. The molecule has 1 rings (SSSR count). The van der Waals surface area contributed by atoms with Gasteiger partial charge in [0.2, 0.25) is 0 Å². The van der Waals surface area contributed by atoms with Crippen molar-refractivity contribution in [3.05, 3.63) is 11.6 Å². The molecule has 0 amide bonds. The molecule has 0 fully saturated rings. The SMILES string of the molecule is CC(C)C(C)(C)C(O)C(CO)C1=CCC(C(=O)OC(C)(C)C)CC1. The van der Waals surface area contributed by atoms with Crippen LogP contribution in [0.2, 0.25) is 0 Å². The maximum atomic E-state index is 12.2. The minimum atomic E-state index is -0.605. The highest BCUT2D eigenvalue weighted by Crippen LogP contribution is 2.39. The molecule has 3 atom stereocenters. The molecule has 3 unspecified atom stereocenters. The minimum Gasteiger partial charge on any atom is -0.460 e. The lowest BCUT2D eigenvalue weighted by atomic mass is 9.69. The van der Waals surface area contributed by atoms with Crippen molar-refractivity contribution in [1.29, 1.82) is 0 Å². The van der Waals surface area contributed by atoms with Crippen molar-refractivity contribution in [3.8, 4) is 0 Å². The predicted octanol–water partition coefficient (Wildman–Crippen LogP) is 3.71. The van der Waals surface area contributed by atoms with E-state index in [9.17, 15) is 15.0 Å². The molecule has 24 heavy (non-hydrogen) atoms. The summed E-state index contributed by atoms with van der Waals surface area (Å²) in [5.74, 6) is -0.230. The van der Waals surface area contributed by atoms with Gasteiger partial charge in [-0.2, -0.15) is 0 Å². The van der Waals surface area contributed by atoms with Crippen LogP contribution < -0.4 is 0 Å². The highest BCUT2D eigenvalue weighted by atomic mass is 16.6. The first-order chi connectivity index (χ1) is 10.9. The second kappa shape index (κ2) is 8.01. The molecule has 0 aliphatic heterocycles. The lowest BCUT2D eigenvalue weighted by molar-refractivity contribution is -0.160. The van der Waals surface area contributed by atoms with Gasteiger partial charge in [0.1, 0.15) is 5.60 Å². The summed E-state index contributed by atoms with van der Waals surface area (Å²) in [5.41, 5.74) is 0.321. The first-order valence-corrected chi connectivity index (χ1v) is 9.10. The van der Waals surface area contributed by atoms with Crippen LogP contribution in [0.25, 0.3) is 0 Å². The Morgan fingerprint density at radius 2 is 1.88 bits per heavy atom. The number of ether oxygens (including phenoxy) is 1. The molecule has 1 aliphatic carbocycles. The van der Waals surface area contributed by atoms with E-state index in [1.54, 1.807) is 0 Å². The van der Waals surface area contributed by atoms with E-state index in [2.05, 4.69) is 13.8 Å². The van der Waals surface area contributed by atoms with Gasteiger partial charge in [-0.15, -0.1) is 0 Å². The van der Waals surface area contributed by atoms with Crippen molar-refractivity contribution >= 4 is 5.97 Å². The lowest BCUT2D eigenvalue weighted by Crippen LogP contribution is -2.42. The molecule has 0 radical (unpaired) electrons. The summed E-state index contributed by atoms with van der Waals surface area (Å²) in [6.07, 6.45) is 3.48. The van der Waals surface area contributed by atoms with E-state index in [4.69, 9.17) is 4.74 Å². The van der Waals surface area contributed by atoms with Crippen molar-refractivity contribution in [2.75, 3.05) is 6.61 Å². The second-order valence-corrected chi connectivity index (χ2v) is 8.99. The van der Waals surface area contributed by atoms with Gasteiger partial charge in [0.05, 0.1) is 18.6 Å². The fraction of sp³-hybridized carbons (Fsp3) is 0.850. The third-order valence-corrected chi connectivity index (χ3v) is 5.49. The molecule has 0 saturated heterocycles. The smallest absolute Gasteiger partial charge is 0.309 e. The number of aliphatic hydroxyl groups excluding tert-OH is 2. The summed E-state index contributed by atoms with van der Waals surface area (Å²) in [6.45, 7) is 13.8. The third-order valence-electron chi connectivity index (χ3n) is 5.49. The fourth-order valence-electron chi connectivity index (χ4n) is 3.07. The Labute approximate surface area is 147 Å². The summed E-state index contributed by atoms with van der Waals surface area (Å²) < 4.78 is 5.47. The Bertz CT molecular complexity index is 457. The zero-order valence-corrected chi connectivity index (χ0v) is 16.4. The van der Waals surface area contributed by atoms with Crippen molar-refractivity contribution < 1.29 is 19.7 Å². The molecule has 0 spiro atoms. The van der Waals surface area contributed by atoms with Crippen LogP contribution >= 0.6 is 0 Å². The van der Waals surface area contributed by atoms with Crippen LogP contribution in [0.5, 0.6) is 0 Å². The summed E-state index contributed by atoms with van der Waals surface area (Å²) in [4.78, 5) is 12.2. The fourth-order valence-corrected chi connectivity index (χ4v) is 3.07. The molecule has 0 bridgehead atoms. The second-order valence-electron chi connectivity index (χ2n) is 8.99. The minimum absolute atomic E-state index is 0.0692. The van der Waals surface area contributed by atoms with Gasteiger partial charge in [-0.25, -0.2) is 0 Å². The highest BCUT2D eigenvalue weighted by Gasteiger charge is 2.39. The Morgan fingerprint density at radius 3 is 2.25 bits per heavy atom. The standard InChI is InChI=1S/C20H36O4/c1-13(2)20(6,7)17(22)16(12-21)14-8-10-15(11-9-14)18(23)24-19(3,4)5/h8,13,15-17,21-22H,9-12H2,1-7H3. The van der Waals surface area contributed by atoms with Crippen molar-refractivity contribution in [2.45, 2.75) is 79.4 Å². The third kappa shape index (κ3) is 5.32. The van der Waals surface area contributed by atoms with Gasteiger partial charge < -0.3 is 14.9 Å². The van der Waals surface area contributed by atoms with E-state index in [0.717, 1.165) is 12.0 Å². The average molecular weight is 341 g/mol. The van der Waals surface area contributed by atoms with Gasteiger partial charge >= 0.3 is 5.97 Å². The first kappa shape index (κ1) is 21.2. The molecule has 0 aromatic rings. The van der Waals surface area contributed by atoms with E-state index >= 15 is 0 Å². The molecule has 0 heterocycles. The average Bonchev–Trinajstić information content (AvgIpc) is 2.46. The van der Waals surface area contributed by atoms with Gasteiger partial charge in [-0.05, 0) is 51.4 Å². The molecule has 4 heteroatoms. The molecule has 0 saturated carbocycles. The van der Waals surface area contributed by atoms with Gasteiger partial charge in [0.25, 0.3) is 0 Å². The van der Waals surface area contributed by atoms with Gasteiger partial charge in [0.15, 0.2) is 0 Å². The summed E-state index contributed by atoms with van der Waals surface area (Å²) in [6, 6.07) is 0. The van der Waals surface area contributed by atoms with Crippen LogP contribution in [0.15, 0.2) is 11.6 Å². The monoisotopic (exact) mass is 340 g/mol. The molecule has 2 N–H and O–H groups in total. The molecular weight excluding hydrogens is 304 g/mol. The lowest BCUT2D eigenvalue weighted by Gasteiger charge is -2.40. The quantitative estimate of drug-likeness (QED) is 0.571. The zero-order chi connectivity index (χ0) is 18.7. The topological polar surface area (TPSA) is 66.8 Å². The van der Waals surface area contributed by atoms with Gasteiger partial charge in [-0.3, -0.25) is 4.79 Å². The number of hydrogen-bond donors (Lipinski definition) is 2. The number of carbonyl (C=O) groups is 1. The van der Waals surface area contributed by atoms with E-state index in [-0.39, 0.29) is 29.8 Å². The van der Waals surface area contributed by atoms with Crippen LogP contribution in [0.4, 0.5) is 0 Å². The van der Waals surface area contributed by atoms with Gasteiger partial charge in [-0.1, -0.05) is 39.3 Å². The summed E-state index contributed by atoms with van der Waals surface area (Å²) in [7, 11) is 0. The van der Waals surface area contributed by atoms with E-state index in [1.807, 2.05) is 40.7 Å². The molecule has 0 aromatic carbocycles. The number of esters is 1. The Balaban J connectivity index is 2.80. The Kier molecular flexibility index (Phi) is 7.06. The largest absolute Gasteiger partial charge is 0.460 e. The normalized spacial score (nSPS) is 22.1. The maximum absolute atomic E-state index is 12.2. The predicted molar refractivity (Wildman–Crippen MR) is 96.5 cm³/mol. The molecule has 0 aromatic heterocycles. The molecule has 4 nitrogen and oxygen atoms in total. The molecular formula is C20H36O4. The number of aliphatic hydroxyl groups is 2. The summed E-state index contributed by atoms with van der Waals surface area (Å²) >= 11 is 0. The van der Waals surface area contributed by atoms with Crippen LogP contribution in [-0.2, 0) is 9.53 Å². The van der Waals surface area contributed by atoms with Gasteiger partial charge in [0, 0.05) is 5.92 Å².